The van der Waals surface area contributed by atoms with Crippen molar-refractivity contribution < 1.29 is 9.26 Å². The smallest absolute Gasteiger partial charge is 0.264 e. The first-order valence-corrected chi connectivity index (χ1v) is 7.96. The van der Waals surface area contributed by atoms with Gasteiger partial charge in [-0.2, -0.15) is 16.7 Å². The highest BCUT2D eigenvalue weighted by molar-refractivity contribution is 7.99. The molecule has 1 aliphatic heterocycles. The Balaban J connectivity index is 1.61. The number of nitrogens with two attached hydrogens (primary N) is 1. The fraction of sp³-hybridized carbons (Fsp3) is 0.429. The van der Waals surface area contributed by atoms with Crippen LogP contribution in [0.25, 0.3) is 0 Å². The van der Waals surface area contributed by atoms with Gasteiger partial charge < -0.3 is 15.0 Å². The van der Waals surface area contributed by atoms with Crippen LogP contribution in [-0.2, 0) is 6.61 Å². The molecule has 2 heterocycles. The van der Waals surface area contributed by atoms with Crippen molar-refractivity contribution in [3.8, 4) is 5.75 Å². The Hall–Kier alpha value is -1.73. The van der Waals surface area contributed by atoms with Gasteiger partial charge in [0.2, 0.25) is 0 Å². The lowest BCUT2D eigenvalue weighted by Crippen LogP contribution is -2.33. The van der Waals surface area contributed by atoms with Crippen molar-refractivity contribution in [2.24, 2.45) is 0 Å². The Kier molecular flexibility index (Phi) is 4.31. The maximum absolute atomic E-state index is 5.63. The van der Waals surface area contributed by atoms with Crippen molar-refractivity contribution in [2.75, 3.05) is 30.8 Å². The minimum Gasteiger partial charge on any atom is -0.484 e. The van der Waals surface area contributed by atoms with E-state index in [2.05, 4.69) is 22.1 Å². The molecule has 0 spiro atoms. The quantitative estimate of drug-likeness (QED) is 0.865. The minimum atomic E-state index is 0.220. The summed E-state index contributed by atoms with van der Waals surface area (Å²) in [4.78, 5) is 6.69. The fourth-order valence-corrected chi connectivity index (χ4v) is 3.34. The van der Waals surface area contributed by atoms with Gasteiger partial charge in [0, 0.05) is 23.7 Å². The molecule has 112 valence electrons. The molecule has 1 unspecified atom stereocenters. The first-order valence-electron chi connectivity index (χ1n) is 6.81. The van der Waals surface area contributed by atoms with E-state index in [-0.39, 0.29) is 12.6 Å². The summed E-state index contributed by atoms with van der Waals surface area (Å²) in [6, 6.07) is 7.44. The summed E-state index contributed by atoms with van der Waals surface area (Å²) in [6.45, 7) is 1.31. The van der Waals surface area contributed by atoms with Crippen LogP contribution in [0.3, 0.4) is 0 Å². The van der Waals surface area contributed by atoms with Crippen LogP contribution in [-0.4, -0.2) is 40.1 Å². The molecule has 1 saturated heterocycles. The molecule has 0 bridgehead atoms. The van der Waals surface area contributed by atoms with Crippen molar-refractivity contribution in [2.45, 2.75) is 12.6 Å². The molecule has 2 N–H and O–H groups in total. The van der Waals surface area contributed by atoms with Gasteiger partial charge in [-0.15, -0.1) is 0 Å². The molecule has 0 radical (unpaired) electrons. The van der Waals surface area contributed by atoms with Gasteiger partial charge in [-0.3, -0.25) is 4.90 Å². The van der Waals surface area contributed by atoms with Gasteiger partial charge in [-0.25, -0.2) is 0 Å². The van der Waals surface area contributed by atoms with Crippen LogP contribution in [0, 0.1) is 0 Å². The van der Waals surface area contributed by atoms with Gasteiger partial charge in [0.25, 0.3) is 5.89 Å². The molecule has 0 amide bonds. The number of hydrogen-bond acceptors (Lipinski definition) is 7. The first-order chi connectivity index (χ1) is 10.2. The van der Waals surface area contributed by atoms with E-state index >= 15 is 0 Å². The topological polar surface area (TPSA) is 77.4 Å². The molecule has 1 aliphatic rings. The predicted molar refractivity (Wildman–Crippen MR) is 82.2 cm³/mol. The highest BCUT2D eigenvalue weighted by Gasteiger charge is 2.25. The number of nitrogen functional groups attached to an aromatic ring is 1. The molecule has 1 fully saturated rings. The third kappa shape index (κ3) is 3.48. The van der Waals surface area contributed by atoms with E-state index in [1.165, 1.54) is 0 Å². The van der Waals surface area contributed by atoms with Crippen molar-refractivity contribution in [3.05, 3.63) is 36.0 Å². The summed E-state index contributed by atoms with van der Waals surface area (Å²) >= 11 is 1.92. The number of aromatic nitrogens is 2. The Labute approximate surface area is 127 Å². The number of anilines is 1. The van der Waals surface area contributed by atoms with Crippen molar-refractivity contribution in [3.63, 3.8) is 0 Å². The van der Waals surface area contributed by atoms with Gasteiger partial charge in [0.05, 0.1) is 6.04 Å². The monoisotopic (exact) mass is 306 g/mol. The normalized spacial score (nSPS) is 19.6. The summed E-state index contributed by atoms with van der Waals surface area (Å²) in [5.41, 5.74) is 6.34. The van der Waals surface area contributed by atoms with Crippen LogP contribution in [0.2, 0.25) is 0 Å². The molecular weight excluding hydrogens is 288 g/mol. The molecular formula is C14H18N4O2S. The standard InChI is InChI=1S/C14H18N4O2S/c1-18-6-7-21-9-12(18)14-16-13(20-17-14)8-19-11-4-2-10(15)3-5-11/h2-5,12H,6-9,15H2,1H3. The van der Waals surface area contributed by atoms with E-state index in [9.17, 15) is 0 Å². The first kappa shape index (κ1) is 14.2. The van der Waals surface area contributed by atoms with E-state index in [1.807, 2.05) is 23.9 Å². The Bertz CT molecular complexity index is 587. The van der Waals surface area contributed by atoms with Gasteiger partial charge in [-0.05, 0) is 31.3 Å². The molecule has 1 aromatic heterocycles. The van der Waals surface area contributed by atoms with Crippen molar-refractivity contribution in [1.29, 1.82) is 0 Å². The molecule has 6 nitrogen and oxygen atoms in total. The van der Waals surface area contributed by atoms with E-state index < -0.39 is 0 Å². The molecule has 21 heavy (non-hydrogen) atoms. The van der Waals surface area contributed by atoms with Crippen LogP contribution in [0.5, 0.6) is 5.75 Å². The summed E-state index contributed by atoms with van der Waals surface area (Å²) in [5, 5.41) is 4.08. The maximum atomic E-state index is 5.63. The maximum Gasteiger partial charge on any atom is 0.264 e. The zero-order valence-electron chi connectivity index (χ0n) is 11.9. The highest BCUT2D eigenvalue weighted by atomic mass is 32.2. The lowest BCUT2D eigenvalue weighted by atomic mass is 10.3. The number of nitrogens with zero attached hydrogens (tertiary/aromatic N) is 3. The largest absolute Gasteiger partial charge is 0.484 e. The van der Waals surface area contributed by atoms with E-state index in [0.29, 0.717) is 11.6 Å². The summed E-state index contributed by atoms with van der Waals surface area (Å²) in [5.74, 6) is 4.10. The molecule has 7 heteroatoms. The average Bonchev–Trinajstić information content (AvgIpc) is 2.96. The number of thioether (sulfide) groups is 1. The zero-order valence-corrected chi connectivity index (χ0v) is 12.7. The third-order valence-electron chi connectivity index (χ3n) is 3.42. The van der Waals surface area contributed by atoms with E-state index in [1.54, 1.807) is 12.1 Å². The third-order valence-corrected chi connectivity index (χ3v) is 4.44. The van der Waals surface area contributed by atoms with Crippen LogP contribution < -0.4 is 10.5 Å². The van der Waals surface area contributed by atoms with Gasteiger partial charge >= 0.3 is 0 Å². The average molecular weight is 306 g/mol. The fourth-order valence-electron chi connectivity index (χ4n) is 2.13. The SMILES string of the molecule is CN1CCSCC1c1noc(COc2ccc(N)cc2)n1. The van der Waals surface area contributed by atoms with E-state index in [4.69, 9.17) is 15.0 Å². The molecule has 0 saturated carbocycles. The van der Waals surface area contributed by atoms with E-state index in [0.717, 1.165) is 29.6 Å². The van der Waals surface area contributed by atoms with Crippen LogP contribution in [0.1, 0.15) is 17.8 Å². The predicted octanol–water partition coefficient (Wildman–Crippen LogP) is 1.95. The summed E-state index contributed by atoms with van der Waals surface area (Å²) in [7, 11) is 2.09. The second-order valence-corrected chi connectivity index (χ2v) is 6.13. The highest BCUT2D eigenvalue weighted by Crippen LogP contribution is 2.26. The second-order valence-electron chi connectivity index (χ2n) is 4.98. The molecule has 2 aromatic rings. The lowest BCUT2D eigenvalue weighted by Gasteiger charge is -2.29. The van der Waals surface area contributed by atoms with Gasteiger partial charge in [-0.1, -0.05) is 5.16 Å². The Morgan fingerprint density at radius 3 is 3.00 bits per heavy atom. The summed E-state index contributed by atoms with van der Waals surface area (Å²) in [6.07, 6.45) is 0. The molecule has 1 atom stereocenters. The Morgan fingerprint density at radius 1 is 1.43 bits per heavy atom. The van der Waals surface area contributed by atoms with Crippen LogP contribution in [0.15, 0.2) is 28.8 Å². The number of rotatable bonds is 4. The summed E-state index contributed by atoms with van der Waals surface area (Å²) < 4.78 is 10.9. The van der Waals surface area contributed by atoms with Crippen molar-refractivity contribution >= 4 is 17.4 Å². The number of benzene rings is 1. The minimum absolute atomic E-state index is 0.220. The van der Waals surface area contributed by atoms with Crippen LogP contribution >= 0.6 is 11.8 Å². The molecule has 3 rings (SSSR count). The second kappa shape index (κ2) is 6.36. The van der Waals surface area contributed by atoms with Gasteiger partial charge in [0.1, 0.15) is 5.75 Å². The number of ether oxygens (including phenoxy) is 1. The Morgan fingerprint density at radius 2 is 2.24 bits per heavy atom. The van der Waals surface area contributed by atoms with Crippen LogP contribution in [0.4, 0.5) is 5.69 Å². The zero-order chi connectivity index (χ0) is 14.7. The lowest BCUT2D eigenvalue weighted by molar-refractivity contribution is 0.237. The van der Waals surface area contributed by atoms with Crippen molar-refractivity contribution in [1.82, 2.24) is 15.0 Å². The van der Waals surface area contributed by atoms with Gasteiger partial charge in [0.15, 0.2) is 12.4 Å². The number of hydrogen-bond donors (Lipinski definition) is 1. The molecule has 0 aliphatic carbocycles. The molecule has 1 aromatic carbocycles.